The molecule has 2 saturated heterocycles. The smallest absolute Gasteiger partial charge is 0.225 e. The van der Waals surface area contributed by atoms with E-state index in [1.165, 1.54) is 0 Å². The maximum Gasteiger partial charge on any atom is 0.225 e. The number of rotatable bonds is 3. The first-order chi connectivity index (χ1) is 9.22. The summed E-state index contributed by atoms with van der Waals surface area (Å²) >= 11 is 0. The fourth-order valence-corrected chi connectivity index (χ4v) is 2.89. The van der Waals surface area contributed by atoms with Gasteiger partial charge in [0.25, 0.3) is 0 Å². The van der Waals surface area contributed by atoms with Crippen molar-refractivity contribution in [2.24, 2.45) is 5.92 Å². The van der Waals surface area contributed by atoms with Gasteiger partial charge in [-0.25, -0.2) is 0 Å². The maximum atomic E-state index is 12.4. The molecule has 2 rings (SSSR count). The molecule has 0 atom stereocenters. The number of nitrogens with zero attached hydrogens (tertiary/aromatic N) is 2. The second kappa shape index (κ2) is 6.89. The quantitative estimate of drug-likeness (QED) is 0.808. The number of piperidine rings is 1. The van der Waals surface area contributed by atoms with Crippen LogP contribution in [0.5, 0.6) is 0 Å². The van der Waals surface area contributed by atoms with Crippen LogP contribution in [0.4, 0.5) is 0 Å². The molecule has 0 radical (unpaired) electrons. The molecule has 2 fully saturated rings. The molecule has 2 aliphatic heterocycles. The third-order valence-corrected chi connectivity index (χ3v) is 4.09. The zero-order chi connectivity index (χ0) is 13.7. The average Bonchev–Trinajstić information content (AvgIpc) is 2.48. The molecule has 2 aliphatic rings. The van der Waals surface area contributed by atoms with Gasteiger partial charge in [0, 0.05) is 51.6 Å². The van der Waals surface area contributed by atoms with Crippen molar-refractivity contribution in [3.05, 3.63) is 0 Å². The Morgan fingerprint density at radius 2 is 1.68 bits per heavy atom. The maximum absolute atomic E-state index is 12.4. The van der Waals surface area contributed by atoms with Crippen LogP contribution in [0.2, 0.25) is 0 Å². The molecule has 2 heterocycles. The van der Waals surface area contributed by atoms with Crippen LogP contribution in [-0.2, 0) is 9.59 Å². The molecular formula is C14H25N3O2. The summed E-state index contributed by atoms with van der Waals surface area (Å²) in [4.78, 5) is 28.0. The molecule has 0 aliphatic carbocycles. The first-order valence-corrected chi connectivity index (χ1v) is 7.49. The van der Waals surface area contributed by atoms with Gasteiger partial charge in [0.2, 0.25) is 11.8 Å². The van der Waals surface area contributed by atoms with E-state index in [-0.39, 0.29) is 11.8 Å². The lowest BCUT2D eigenvalue weighted by atomic mass is 9.94. The van der Waals surface area contributed by atoms with Gasteiger partial charge in [0.05, 0.1) is 0 Å². The number of hydrogen-bond acceptors (Lipinski definition) is 3. The minimum atomic E-state index is 0.128. The lowest BCUT2D eigenvalue weighted by Gasteiger charge is -2.35. The third kappa shape index (κ3) is 3.69. The van der Waals surface area contributed by atoms with Gasteiger partial charge in [-0.2, -0.15) is 0 Å². The predicted octanol–water partition coefficient (Wildman–Crippen LogP) is 0.457. The summed E-state index contributed by atoms with van der Waals surface area (Å²) in [5.41, 5.74) is 0. The van der Waals surface area contributed by atoms with Crippen molar-refractivity contribution < 1.29 is 9.59 Å². The van der Waals surface area contributed by atoms with Crippen LogP contribution < -0.4 is 5.32 Å². The van der Waals surface area contributed by atoms with Crippen LogP contribution in [0, 0.1) is 5.92 Å². The number of carbonyl (C=O) groups is 2. The molecule has 0 aromatic heterocycles. The first-order valence-electron chi connectivity index (χ1n) is 7.49. The summed E-state index contributed by atoms with van der Waals surface area (Å²) < 4.78 is 0. The summed E-state index contributed by atoms with van der Waals surface area (Å²) in [6.45, 7) is 6.99. The zero-order valence-corrected chi connectivity index (χ0v) is 11.9. The van der Waals surface area contributed by atoms with Gasteiger partial charge in [-0.05, 0) is 19.3 Å². The van der Waals surface area contributed by atoms with E-state index in [9.17, 15) is 9.59 Å². The Bertz CT molecular complexity index is 319. The summed E-state index contributed by atoms with van der Waals surface area (Å²) in [7, 11) is 0. The molecule has 1 N–H and O–H groups in total. The number of amides is 2. The van der Waals surface area contributed by atoms with E-state index in [0.29, 0.717) is 12.3 Å². The van der Waals surface area contributed by atoms with Crippen molar-refractivity contribution in [3.63, 3.8) is 0 Å². The summed E-state index contributed by atoms with van der Waals surface area (Å²) in [6.07, 6.45) is 3.20. The van der Waals surface area contributed by atoms with Crippen molar-refractivity contribution in [1.82, 2.24) is 15.1 Å². The Kier molecular flexibility index (Phi) is 5.19. The van der Waals surface area contributed by atoms with Gasteiger partial charge < -0.3 is 15.1 Å². The van der Waals surface area contributed by atoms with Crippen molar-refractivity contribution in [3.8, 4) is 0 Å². The molecule has 108 valence electrons. The molecule has 0 saturated carbocycles. The van der Waals surface area contributed by atoms with Crippen LogP contribution in [-0.4, -0.2) is 60.9 Å². The lowest BCUT2D eigenvalue weighted by molar-refractivity contribution is -0.141. The van der Waals surface area contributed by atoms with Crippen molar-refractivity contribution in [2.75, 3.05) is 39.3 Å². The number of likely N-dealkylation sites (tertiary alicyclic amines) is 1. The number of piperazine rings is 1. The highest BCUT2D eigenvalue weighted by Crippen LogP contribution is 2.20. The van der Waals surface area contributed by atoms with Crippen LogP contribution in [0.25, 0.3) is 0 Å². The molecule has 2 amide bonds. The molecule has 0 aromatic carbocycles. The Morgan fingerprint density at radius 3 is 2.26 bits per heavy atom. The normalized spacial score (nSPS) is 21.5. The largest absolute Gasteiger partial charge is 0.343 e. The molecule has 19 heavy (non-hydrogen) atoms. The first kappa shape index (κ1) is 14.3. The highest BCUT2D eigenvalue weighted by atomic mass is 16.2. The molecule has 5 nitrogen and oxygen atoms in total. The SMILES string of the molecule is CCCC(=O)N1CCC(C(=O)N2CCNCC2)CC1. The second-order valence-corrected chi connectivity index (χ2v) is 5.48. The number of nitrogens with one attached hydrogen (secondary N) is 1. The van der Waals surface area contributed by atoms with E-state index in [0.717, 1.165) is 58.5 Å². The highest BCUT2D eigenvalue weighted by molar-refractivity contribution is 5.80. The van der Waals surface area contributed by atoms with Gasteiger partial charge in [0.15, 0.2) is 0 Å². The minimum Gasteiger partial charge on any atom is -0.343 e. The number of carbonyl (C=O) groups excluding carboxylic acids is 2. The highest BCUT2D eigenvalue weighted by Gasteiger charge is 2.30. The van der Waals surface area contributed by atoms with Gasteiger partial charge in [-0.3, -0.25) is 9.59 Å². The van der Waals surface area contributed by atoms with Crippen LogP contribution in [0.15, 0.2) is 0 Å². The summed E-state index contributed by atoms with van der Waals surface area (Å²) in [5, 5.41) is 3.26. The van der Waals surface area contributed by atoms with Gasteiger partial charge in [-0.1, -0.05) is 6.92 Å². The minimum absolute atomic E-state index is 0.128. The molecule has 0 aromatic rings. The standard InChI is InChI=1S/C14H25N3O2/c1-2-3-13(18)16-8-4-12(5-9-16)14(19)17-10-6-15-7-11-17/h12,15H,2-11H2,1H3. The molecular weight excluding hydrogens is 242 g/mol. The van der Waals surface area contributed by atoms with E-state index in [1.807, 2.05) is 16.7 Å². The summed E-state index contributed by atoms with van der Waals surface area (Å²) in [5.74, 6) is 0.670. The van der Waals surface area contributed by atoms with Crippen LogP contribution in [0.1, 0.15) is 32.6 Å². The molecule has 0 bridgehead atoms. The monoisotopic (exact) mass is 267 g/mol. The second-order valence-electron chi connectivity index (χ2n) is 5.48. The fraction of sp³-hybridized carbons (Fsp3) is 0.857. The molecule has 5 heteroatoms. The van der Waals surface area contributed by atoms with Gasteiger partial charge in [0.1, 0.15) is 0 Å². The van der Waals surface area contributed by atoms with E-state index in [4.69, 9.17) is 0 Å². The third-order valence-electron chi connectivity index (χ3n) is 4.09. The van der Waals surface area contributed by atoms with E-state index in [1.54, 1.807) is 0 Å². The van der Waals surface area contributed by atoms with E-state index >= 15 is 0 Å². The van der Waals surface area contributed by atoms with Crippen LogP contribution >= 0.6 is 0 Å². The van der Waals surface area contributed by atoms with Crippen molar-refractivity contribution in [1.29, 1.82) is 0 Å². The fourth-order valence-electron chi connectivity index (χ4n) is 2.89. The summed E-state index contributed by atoms with van der Waals surface area (Å²) in [6, 6.07) is 0. The average molecular weight is 267 g/mol. The lowest BCUT2D eigenvalue weighted by Crippen LogP contribution is -2.50. The Labute approximate surface area is 115 Å². The van der Waals surface area contributed by atoms with Gasteiger partial charge in [-0.15, -0.1) is 0 Å². The van der Waals surface area contributed by atoms with Crippen LogP contribution in [0.3, 0.4) is 0 Å². The predicted molar refractivity (Wildman–Crippen MR) is 73.7 cm³/mol. The zero-order valence-electron chi connectivity index (χ0n) is 11.9. The Hall–Kier alpha value is -1.10. The van der Waals surface area contributed by atoms with Crippen molar-refractivity contribution in [2.45, 2.75) is 32.6 Å². The topological polar surface area (TPSA) is 52.7 Å². The van der Waals surface area contributed by atoms with E-state index in [2.05, 4.69) is 5.32 Å². The Balaban J connectivity index is 1.79. The number of hydrogen-bond donors (Lipinski definition) is 1. The van der Waals surface area contributed by atoms with Crippen molar-refractivity contribution >= 4 is 11.8 Å². The molecule has 0 unspecified atom stereocenters. The van der Waals surface area contributed by atoms with Gasteiger partial charge >= 0.3 is 0 Å². The van der Waals surface area contributed by atoms with E-state index < -0.39 is 0 Å². The Morgan fingerprint density at radius 1 is 1.05 bits per heavy atom. The molecule has 0 spiro atoms.